The van der Waals surface area contributed by atoms with Crippen LogP contribution in [0.5, 0.6) is 0 Å². The van der Waals surface area contributed by atoms with Crippen molar-refractivity contribution in [3.8, 4) is 22.3 Å². The minimum atomic E-state index is -0.687. The zero-order valence-corrected chi connectivity index (χ0v) is 31.2. The van der Waals surface area contributed by atoms with Crippen LogP contribution >= 0.6 is 0 Å². The van der Waals surface area contributed by atoms with Crippen LogP contribution in [0.25, 0.3) is 22.3 Å². The third kappa shape index (κ3) is 4.87. The van der Waals surface area contributed by atoms with Crippen molar-refractivity contribution in [3.63, 3.8) is 0 Å². The van der Waals surface area contributed by atoms with Crippen molar-refractivity contribution in [3.05, 3.63) is 176 Å². The van der Waals surface area contributed by atoms with Gasteiger partial charge in [-0.2, -0.15) is 0 Å². The van der Waals surface area contributed by atoms with Gasteiger partial charge in [0.15, 0.2) is 0 Å². The number of para-hydroxylation sites is 4. The Morgan fingerprint density at radius 1 is 0.404 bits per heavy atom. The molecular formula is C46H35BN4Pt. The van der Waals surface area contributed by atoms with Gasteiger partial charge in [0.2, 0.25) is 0 Å². The van der Waals surface area contributed by atoms with Crippen LogP contribution in [0.2, 0.25) is 0 Å². The number of hydrogen-bond acceptors (Lipinski definition) is 4. The van der Waals surface area contributed by atoms with Crippen molar-refractivity contribution >= 4 is 65.5 Å². The maximum atomic E-state index is 2.53. The van der Waals surface area contributed by atoms with Crippen molar-refractivity contribution in [1.29, 1.82) is 0 Å². The fourth-order valence-corrected chi connectivity index (χ4v) is 11.5. The molecular weight excluding hydrogens is 814 g/mol. The van der Waals surface area contributed by atoms with Gasteiger partial charge < -0.3 is 0 Å². The van der Waals surface area contributed by atoms with E-state index < -0.39 is 17.6 Å². The number of nitrogens with zero attached hydrogens (tertiary/aromatic N) is 4. The molecule has 0 fully saturated rings. The Bertz CT molecular complexity index is 2410. The molecule has 0 spiro atoms. The Hall–Kier alpha value is -5.77. The van der Waals surface area contributed by atoms with E-state index in [9.17, 15) is 0 Å². The predicted octanol–water partition coefficient (Wildman–Crippen LogP) is 7.98. The molecule has 0 radical (unpaired) electrons. The summed E-state index contributed by atoms with van der Waals surface area (Å²) in [4.78, 5) is 9.91. The van der Waals surface area contributed by atoms with E-state index in [4.69, 9.17) is 0 Å². The minimum absolute atomic E-state index is 0.0567. The Morgan fingerprint density at radius 3 is 1.27 bits per heavy atom. The number of hydrogen-bond donors (Lipinski definition) is 0. The predicted molar refractivity (Wildman–Crippen MR) is 219 cm³/mol. The summed E-state index contributed by atoms with van der Waals surface area (Å²) in [6.07, 6.45) is 0. The van der Waals surface area contributed by atoms with Crippen molar-refractivity contribution in [2.45, 2.75) is 0 Å². The topological polar surface area (TPSA) is 13.0 Å². The van der Waals surface area contributed by atoms with Crippen LogP contribution in [0.15, 0.2) is 176 Å². The molecule has 10 rings (SSSR count). The third-order valence-corrected chi connectivity index (χ3v) is 14.0. The molecule has 6 heteroatoms. The zero-order chi connectivity index (χ0) is 34.8. The molecule has 3 aliphatic heterocycles. The van der Waals surface area contributed by atoms with Gasteiger partial charge in [-0.15, -0.1) is 0 Å². The molecule has 7 aromatic carbocycles. The van der Waals surface area contributed by atoms with Crippen molar-refractivity contribution in [2.24, 2.45) is 0 Å². The van der Waals surface area contributed by atoms with Crippen LogP contribution in [0.1, 0.15) is 0 Å². The van der Waals surface area contributed by atoms with E-state index in [-0.39, 0.29) is 6.71 Å². The molecule has 4 nitrogen and oxygen atoms in total. The van der Waals surface area contributed by atoms with Crippen LogP contribution in [-0.4, -0.2) is 29.1 Å². The third-order valence-electron chi connectivity index (χ3n) is 10.5. The van der Waals surface area contributed by atoms with E-state index in [0.717, 1.165) is 0 Å². The summed E-state index contributed by atoms with van der Waals surface area (Å²) in [5.41, 5.74) is 16.1. The second kappa shape index (κ2) is 12.5. The molecule has 0 N–H and O–H groups in total. The summed E-state index contributed by atoms with van der Waals surface area (Å²) in [7, 11) is 4.48. The monoisotopic (exact) mass is 849 g/mol. The summed E-state index contributed by atoms with van der Waals surface area (Å²) in [6.45, 7) is -0.0567. The molecule has 0 saturated heterocycles. The first kappa shape index (κ1) is 31.0. The summed E-state index contributed by atoms with van der Waals surface area (Å²) in [6, 6.07) is 65.0. The van der Waals surface area contributed by atoms with Gasteiger partial charge in [-0.25, -0.2) is 0 Å². The number of anilines is 6. The molecule has 0 saturated carbocycles. The number of benzene rings is 7. The van der Waals surface area contributed by atoms with Gasteiger partial charge in [0.05, 0.1) is 0 Å². The van der Waals surface area contributed by atoms with Crippen LogP contribution in [-0.2, 0) is 17.6 Å². The molecule has 3 aliphatic rings. The Balaban J connectivity index is 1.33. The molecule has 0 atom stereocenters. The standard InChI is InChI=1S/C46H35BN4.Pt/c1-48-32-50(44-28-11-9-26-42(44)48)38-22-13-20-36(30-38)47(37-21-14-23-39(31-37)51-33-49(2)43-27-10-12-29-45(43)51)46-40(34-16-5-3-6-17-34)24-15-25-41(46)35-18-7-4-8-19-35;/h3-31H,1-2H3;. The fraction of sp³-hybridized carbons (Fsp3) is 0.0435. The van der Waals surface area contributed by atoms with Gasteiger partial charge in [0.1, 0.15) is 0 Å². The van der Waals surface area contributed by atoms with Crippen LogP contribution < -0.4 is 36.0 Å². The first-order valence-electron chi connectivity index (χ1n) is 17.7. The number of fused-ring (bicyclic) bond motifs is 12. The molecule has 252 valence electrons. The van der Waals surface area contributed by atoms with E-state index in [0.29, 0.717) is 0 Å². The van der Waals surface area contributed by atoms with Crippen LogP contribution in [0.4, 0.5) is 34.1 Å². The number of rotatable bonds is 3. The van der Waals surface area contributed by atoms with Crippen molar-refractivity contribution < 1.29 is 17.6 Å². The van der Waals surface area contributed by atoms with Gasteiger partial charge in [0, 0.05) is 0 Å². The SMILES string of the molecule is CN1[C]2=[Pt]=[C]3N(C)c4ccccc4N3c3cccc(c3)B(c3c(-c4ccccc4)cccc3-c3ccccc3)c3cccc(c3)N2c2ccccc21. The zero-order valence-electron chi connectivity index (χ0n) is 28.9. The normalized spacial score (nSPS) is 14.5. The van der Waals surface area contributed by atoms with Crippen molar-refractivity contribution in [2.75, 3.05) is 33.7 Å². The van der Waals surface area contributed by atoms with Crippen LogP contribution in [0.3, 0.4) is 0 Å². The summed E-state index contributed by atoms with van der Waals surface area (Å²) in [5.74, 6) is 0. The summed E-state index contributed by atoms with van der Waals surface area (Å²) >= 11 is -0.687. The van der Waals surface area contributed by atoms with Crippen molar-refractivity contribution in [1.82, 2.24) is 0 Å². The Labute approximate surface area is 313 Å². The molecule has 7 aromatic rings. The first-order valence-corrected chi connectivity index (χ1v) is 19.9. The van der Waals surface area contributed by atoms with E-state index in [1.807, 2.05) is 0 Å². The molecule has 52 heavy (non-hydrogen) atoms. The Kier molecular flexibility index (Phi) is 7.44. The van der Waals surface area contributed by atoms with Crippen LogP contribution in [0, 0.1) is 0 Å². The van der Waals surface area contributed by atoms with E-state index in [1.165, 1.54) is 81.1 Å². The molecule has 0 aromatic heterocycles. The van der Waals surface area contributed by atoms with Gasteiger partial charge in [-0.05, 0) is 0 Å². The van der Waals surface area contributed by atoms with Gasteiger partial charge in [0.25, 0.3) is 0 Å². The first-order chi connectivity index (χ1) is 25.7. The van der Waals surface area contributed by atoms with Gasteiger partial charge >= 0.3 is 315 Å². The second-order valence-corrected chi connectivity index (χ2v) is 16.1. The summed E-state index contributed by atoms with van der Waals surface area (Å²) < 4.78 is 2.67. The second-order valence-electron chi connectivity index (χ2n) is 13.5. The van der Waals surface area contributed by atoms with Gasteiger partial charge in [-0.3, -0.25) is 0 Å². The Morgan fingerprint density at radius 2 is 0.808 bits per heavy atom. The van der Waals surface area contributed by atoms with E-state index in [1.54, 1.807) is 0 Å². The molecule has 0 amide bonds. The van der Waals surface area contributed by atoms with E-state index in [2.05, 4.69) is 210 Å². The quantitative estimate of drug-likeness (QED) is 0.167. The molecule has 3 heterocycles. The maximum absolute atomic E-state index is 2.53. The van der Waals surface area contributed by atoms with Gasteiger partial charge in [-0.1, -0.05) is 0 Å². The molecule has 4 bridgehead atoms. The summed E-state index contributed by atoms with van der Waals surface area (Å²) in [5, 5.41) is 0. The fourth-order valence-electron chi connectivity index (χ4n) is 8.08. The molecule has 0 aliphatic carbocycles. The average molecular weight is 850 g/mol. The average Bonchev–Trinajstić information content (AvgIpc) is 3.65. The molecule has 0 unspecified atom stereocenters. The van der Waals surface area contributed by atoms with E-state index >= 15 is 0 Å².